The molecule has 0 aliphatic rings. The number of nitrogens with one attached hydrogen (secondary N) is 1. The van der Waals surface area contributed by atoms with Crippen LogP contribution in [0.15, 0.2) is 47.6 Å². The van der Waals surface area contributed by atoms with E-state index in [1.54, 1.807) is 27.5 Å². The Morgan fingerprint density at radius 2 is 1.65 bits per heavy atom. The zero-order valence-electron chi connectivity index (χ0n) is 15.2. The Morgan fingerprint density at radius 3 is 2.31 bits per heavy atom. The zero-order valence-corrected chi connectivity index (χ0v) is 15.2. The molecule has 6 nitrogen and oxygen atoms in total. The summed E-state index contributed by atoms with van der Waals surface area (Å²) in [7, 11) is 4.75. The van der Waals surface area contributed by atoms with Gasteiger partial charge in [0.2, 0.25) is 5.75 Å². The first-order valence-electron chi connectivity index (χ1n) is 8.11. The van der Waals surface area contributed by atoms with E-state index in [1.807, 2.05) is 49.4 Å². The molecule has 0 aliphatic carbocycles. The van der Waals surface area contributed by atoms with E-state index in [-0.39, 0.29) is 0 Å². The predicted molar refractivity (Wildman–Crippen MR) is 104 cm³/mol. The Bertz CT molecular complexity index is 929. The van der Waals surface area contributed by atoms with Crippen LogP contribution in [0.4, 0.5) is 5.69 Å². The maximum absolute atomic E-state index is 5.36. The first kappa shape index (κ1) is 17.5. The molecule has 0 fully saturated rings. The molecule has 134 valence electrons. The van der Waals surface area contributed by atoms with Crippen LogP contribution < -0.4 is 19.6 Å². The standard InChI is InChI=1S/C20H21N3O3/c1-13-9-17(15-7-5-6-8-16(15)22-13)23-21-12-14-10-18(24-2)20(26-4)19(11-14)25-3/h5-12H,1-4H3,(H,22,23)/b21-12+. The van der Waals surface area contributed by atoms with E-state index in [0.29, 0.717) is 17.2 Å². The van der Waals surface area contributed by atoms with Crippen LogP contribution in [0.2, 0.25) is 0 Å². The number of para-hydroxylation sites is 1. The van der Waals surface area contributed by atoms with Gasteiger partial charge in [0, 0.05) is 16.6 Å². The van der Waals surface area contributed by atoms with Gasteiger partial charge in [0.1, 0.15) is 0 Å². The summed E-state index contributed by atoms with van der Waals surface area (Å²) in [5.74, 6) is 1.72. The summed E-state index contributed by atoms with van der Waals surface area (Å²) in [4.78, 5) is 4.53. The number of hydrogen-bond acceptors (Lipinski definition) is 6. The molecule has 26 heavy (non-hydrogen) atoms. The third-order valence-corrected chi connectivity index (χ3v) is 3.93. The van der Waals surface area contributed by atoms with Gasteiger partial charge in [-0.05, 0) is 31.2 Å². The van der Waals surface area contributed by atoms with Gasteiger partial charge < -0.3 is 14.2 Å². The van der Waals surface area contributed by atoms with E-state index in [1.165, 1.54) is 0 Å². The zero-order chi connectivity index (χ0) is 18.5. The van der Waals surface area contributed by atoms with Crippen molar-refractivity contribution in [3.05, 3.63) is 53.7 Å². The van der Waals surface area contributed by atoms with Crippen LogP contribution >= 0.6 is 0 Å². The molecular formula is C20H21N3O3. The number of aromatic nitrogens is 1. The number of fused-ring (bicyclic) bond motifs is 1. The first-order chi connectivity index (χ1) is 12.7. The Hall–Kier alpha value is -3.28. The number of ether oxygens (including phenoxy) is 3. The molecule has 3 aromatic rings. The van der Waals surface area contributed by atoms with Gasteiger partial charge in [0.05, 0.1) is 38.7 Å². The molecule has 0 amide bonds. The SMILES string of the molecule is COc1cc(/C=N/Nc2cc(C)nc3ccccc23)cc(OC)c1OC. The van der Waals surface area contributed by atoms with Crippen molar-refractivity contribution >= 4 is 22.8 Å². The topological polar surface area (TPSA) is 65.0 Å². The van der Waals surface area contributed by atoms with Gasteiger partial charge in [-0.15, -0.1) is 0 Å². The summed E-state index contributed by atoms with van der Waals surface area (Å²) in [5.41, 5.74) is 6.67. The highest BCUT2D eigenvalue weighted by molar-refractivity contribution is 5.92. The Labute approximate surface area is 152 Å². The molecule has 0 bridgehead atoms. The van der Waals surface area contributed by atoms with Crippen molar-refractivity contribution < 1.29 is 14.2 Å². The maximum Gasteiger partial charge on any atom is 0.203 e. The minimum absolute atomic E-state index is 0.552. The highest BCUT2D eigenvalue weighted by Crippen LogP contribution is 2.37. The molecule has 0 saturated carbocycles. The summed E-state index contributed by atoms with van der Waals surface area (Å²) in [6.45, 7) is 1.96. The van der Waals surface area contributed by atoms with Crippen molar-refractivity contribution in [2.75, 3.05) is 26.8 Å². The minimum Gasteiger partial charge on any atom is -0.493 e. The van der Waals surface area contributed by atoms with Crippen LogP contribution in [0.3, 0.4) is 0 Å². The fraction of sp³-hybridized carbons (Fsp3) is 0.200. The monoisotopic (exact) mass is 351 g/mol. The number of rotatable bonds is 6. The molecule has 1 N–H and O–H groups in total. The number of nitrogens with zero attached hydrogens (tertiary/aromatic N) is 2. The number of anilines is 1. The smallest absolute Gasteiger partial charge is 0.203 e. The molecular weight excluding hydrogens is 330 g/mol. The van der Waals surface area contributed by atoms with Gasteiger partial charge in [0.15, 0.2) is 11.5 Å². The number of pyridine rings is 1. The number of hydrogen-bond donors (Lipinski definition) is 1. The lowest BCUT2D eigenvalue weighted by Gasteiger charge is -2.12. The second kappa shape index (κ2) is 7.74. The summed E-state index contributed by atoms with van der Waals surface area (Å²) < 4.78 is 16.1. The maximum atomic E-state index is 5.36. The number of hydrazone groups is 1. The summed E-state index contributed by atoms with van der Waals surface area (Å²) in [5, 5.41) is 5.37. The summed E-state index contributed by atoms with van der Waals surface area (Å²) in [6.07, 6.45) is 1.70. The van der Waals surface area contributed by atoms with E-state index in [0.717, 1.165) is 27.8 Å². The molecule has 1 heterocycles. The Morgan fingerprint density at radius 1 is 0.962 bits per heavy atom. The predicted octanol–water partition coefficient (Wildman–Crippen LogP) is 4.02. The lowest BCUT2D eigenvalue weighted by Crippen LogP contribution is -1.98. The lowest BCUT2D eigenvalue weighted by molar-refractivity contribution is 0.324. The van der Waals surface area contributed by atoms with Crippen molar-refractivity contribution in [2.45, 2.75) is 6.92 Å². The number of methoxy groups -OCH3 is 3. The normalized spacial score (nSPS) is 10.9. The average molecular weight is 351 g/mol. The van der Waals surface area contributed by atoms with Gasteiger partial charge in [0.25, 0.3) is 0 Å². The average Bonchev–Trinajstić information content (AvgIpc) is 2.66. The minimum atomic E-state index is 0.552. The fourth-order valence-electron chi connectivity index (χ4n) is 2.75. The van der Waals surface area contributed by atoms with Gasteiger partial charge in [-0.25, -0.2) is 0 Å². The van der Waals surface area contributed by atoms with Crippen molar-refractivity contribution in [3.63, 3.8) is 0 Å². The molecule has 0 saturated heterocycles. The second-order valence-corrected chi connectivity index (χ2v) is 5.66. The van der Waals surface area contributed by atoms with Gasteiger partial charge in [-0.3, -0.25) is 10.4 Å². The van der Waals surface area contributed by atoms with Crippen molar-refractivity contribution in [1.82, 2.24) is 4.98 Å². The van der Waals surface area contributed by atoms with Gasteiger partial charge in [-0.2, -0.15) is 5.10 Å². The lowest BCUT2D eigenvalue weighted by atomic mass is 10.1. The highest BCUT2D eigenvalue weighted by atomic mass is 16.5. The summed E-state index contributed by atoms with van der Waals surface area (Å²) in [6, 6.07) is 13.6. The van der Waals surface area contributed by atoms with Crippen LogP contribution in [0.1, 0.15) is 11.3 Å². The van der Waals surface area contributed by atoms with Gasteiger partial charge in [-0.1, -0.05) is 18.2 Å². The van der Waals surface area contributed by atoms with Gasteiger partial charge >= 0.3 is 0 Å². The third kappa shape index (κ3) is 3.54. The van der Waals surface area contributed by atoms with Crippen LogP contribution in [0.5, 0.6) is 17.2 Å². The molecule has 0 radical (unpaired) electrons. The first-order valence-corrected chi connectivity index (χ1v) is 8.11. The van der Waals surface area contributed by atoms with E-state index >= 15 is 0 Å². The molecule has 3 rings (SSSR count). The van der Waals surface area contributed by atoms with Crippen LogP contribution in [0.25, 0.3) is 10.9 Å². The molecule has 1 aromatic heterocycles. The van der Waals surface area contributed by atoms with E-state index in [2.05, 4.69) is 15.5 Å². The van der Waals surface area contributed by atoms with E-state index < -0.39 is 0 Å². The molecule has 0 spiro atoms. The van der Waals surface area contributed by atoms with Crippen molar-refractivity contribution in [1.29, 1.82) is 0 Å². The van der Waals surface area contributed by atoms with E-state index in [9.17, 15) is 0 Å². The van der Waals surface area contributed by atoms with Crippen molar-refractivity contribution in [3.8, 4) is 17.2 Å². The fourth-order valence-corrected chi connectivity index (χ4v) is 2.75. The number of benzene rings is 2. The largest absolute Gasteiger partial charge is 0.493 e. The Kier molecular flexibility index (Phi) is 5.22. The number of aryl methyl sites for hydroxylation is 1. The molecule has 0 atom stereocenters. The van der Waals surface area contributed by atoms with Crippen molar-refractivity contribution in [2.24, 2.45) is 5.10 Å². The quantitative estimate of drug-likeness (QED) is 0.537. The van der Waals surface area contributed by atoms with Crippen LogP contribution in [-0.2, 0) is 0 Å². The molecule has 6 heteroatoms. The molecule has 0 unspecified atom stereocenters. The van der Waals surface area contributed by atoms with E-state index in [4.69, 9.17) is 14.2 Å². The third-order valence-electron chi connectivity index (χ3n) is 3.93. The summed E-state index contributed by atoms with van der Waals surface area (Å²) >= 11 is 0. The highest BCUT2D eigenvalue weighted by Gasteiger charge is 2.12. The second-order valence-electron chi connectivity index (χ2n) is 5.66. The van der Waals surface area contributed by atoms with Crippen LogP contribution in [0, 0.1) is 6.92 Å². The molecule has 0 aliphatic heterocycles. The Balaban J connectivity index is 1.90. The molecule has 2 aromatic carbocycles. The van der Waals surface area contributed by atoms with Crippen LogP contribution in [-0.4, -0.2) is 32.5 Å².